The molecule has 0 radical (unpaired) electrons. The van der Waals surface area contributed by atoms with Crippen LogP contribution in [0.15, 0.2) is 91.1 Å². The number of urea groups is 1. The third kappa shape index (κ3) is 7.70. The Morgan fingerprint density at radius 3 is 2.22 bits per heavy atom. The van der Waals surface area contributed by atoms with Gasteiger partial charge >= 0.3 is 6.03 Å². The average molecular weight is 623 g/mol. The van der Waals surface area contributed by atoms with E-state index in [-0.39, 0.29) is 5.41 Å². The quantitative estimate of drug-likeness (QED) is 0.160. The number of ether oxygens (including phenoxy) is 2. The van der Waals surface area contributed by atoms with Crippen molar-refractivity contribution in [1.29, 1.82) is 0 Å². The standard InChI is InChI=1S/C36H39N4O4P/c1-36(2,3)25-22-29(34(43-4)31(23-25)45(5,6)42)39-35(41)38-28-17-18-30(27-15-11-10-14-26(27)28)44-33-20-21-37-32(40-33)19-16-24-12-8-7-9-13-24/h7-15,17-18,20-23H,16,19H2,1-6H3,(H2,38,39,41). The number of carbonyl (C=O) groups is 1. The van der Waals surface area contributed by atoms with Crippen molar-refractivity contribution in [1.82, 2.24) is 9.97 Å². The van der Waals surface area contributed by atoms with E-state index in [0.717, 1.165) is 22.8 Å². The highest BCUT2D eigenvalue weighted by atomic mass is 31.2. The SMILES string of the molecule is COc1c(NC(=O)Nc2ccc(Oc3ccnc(CCc4ccccc4)n3)c3ccccc23)cc(C(C)(C)C)cc1P(C)(C)=O. The number of nitrogens with zero attached hydrogens (tertiary/aromatic N) is 2. The van der Waals surface area contributed by atoms with Crippen molar-refractivity contribution >= 4 is 40.6 Å². The zero-order valence-corrected chi connectivity index (χ0v) is 27.4. The number of aromatic nitrogens is 2. The number of amides is 2. The largest absolute Gasteiger partial charge is 0.494 e. The third-order valence-electron chi connectivity index (χ3n) is 7.47. The molecule has 2 amide bonds. The Kier molecular flexibility index (Phi) is 9.26. The van der Waals surface area contributed by atoms with Crippen LogP contribution in [-0.2, 0) is 22.8 Å². The van der Waals surface area contributed by atoms with Gasteiger partial charge in [0.15, 0.2) is 5.75 Å². The minimum atomic E-state index is -2.71. The van der Waals surface area contributed by atoms with Gasteiger partial charge in [0.25, 0.3) is 0 Å². The molecule has 8 nitrogen and oxygen atoms in total. The first-order valence-corrected chi connectivity index (χ1v) is 17.4. The number of carbonyl (C=O) groups excluding carboxylic acids is 1. The fourth-order valence-electron chi connectivity index (χ4n) is 5.07. The van der Waals surface area contributed by atoms with Crippen molar-refractivity contribution in [3.8, 4) is 17.4 Å². The van der Waals surface area contributed by atoms with Crippen LogP contribution >= 0.6 is 7.14 Å². The molecule has 0 atom stereocenters. The maximum Gasteiger partial charge on any atom is 0.323 e. The van der Waals surface area contributed by atoms with Gasteiger partial charge in [0, 0.05) is 29.5 Å². The molecule has 1 aromatic heterocycles. The number of rotatable bonds is 9. The third-order valence-corrected chi connectivity index (χ3v) is 8.97. The topological polar surface area (TPSA) is 102 Å². The molecule has 0 aliphatic heterocycles. The van der Waals surface area contributed by atoms with Crippen molar-refractivity contribution in [2.75, 3.05) is 31.1 Å². The van der Waals surface area contributed by atoms with Gasteiger partial charge < -0.3 is 24.7 Å². The molecule has 0 unspecified atom stereocenters. The molecule has 5 aromatic rings. The Labute approximate surface area is 264 Å². The van der Waals surface area contributed by atoms with Crippen LogP contribution in [0.3, 0.4) is 0 Å². The van der Waals surface area contributed by atoms with Crippen LogP contribution in [-0.4, -0.2) is 36.4 Å². The first kappa shape index (κ1) is 31.7. The first-order chi connectivity index (χ1) is 21.4. The molecule has 2 N–H and O–H groups in total. The highest BCUT2D eigenvalue weighted by molar-refractivity contribution is 7.70. The minimum Gasteiger partial charge on any atom is -0.494 e. The van der Waals surface area contributed by atoms with Gasteiger partial charge in [-0.15, -0.1) is 0 Å². The maximum atomic E-state index is 13.4. The number of hydrogen-bond donors (Lipinski definition) is 2. The Bertz CT molecular complexity index is 1880. The number of benzene rings is 4. The Hall–Kier alpha value is -4.68. The molecular weight excluding hydrogens is 583 g/mol. The van der Waals surface area contributed by atoms with Crippen molar-refractivity contribution in [3.63, 3.8) is 0 Å². The van der Waals surface area contributed by atoms with Crippen LogP contribution in [0, 0.1) is 0 Å². The van der Waals surface area contributed by atoms with E-state index in [0.29, 0.717) is 46.3 Å². The monoisotopic (exact) mass is 622 g/mol. The molecular formula is C36H39N4O4P. The van der Waals surface area contributed by atoms with Crippen LogP contribution in [0.4, 0.5) is 16.2 Å². The highest BCUT2D eigenvalue weighted by Gasteiger charge is 2.26. The Morgan fingerprint density at radius 1 is 0.844 bits per heavy atom. The zero-order chi connectivity index (χ0) is 32.2. The summed E-state index contributed by atoms with van der Waals surface area (Å²) in [5.74, 6) is 2.15. The summed E-state index contributed by atoms with van der Waals surface area (Å²) in [5, 5.41) is 8.12. The van der Waals surface area contributed by atoms with Gasteiger partial charge in [-0.2, -0.15) is 4.98 Å². The highest BCUT2D eigenvalue weighted by Crippen LogP contribution is 2.43. The summed E-state index contributed by atoms with van der Waals surface area (Å²) in [6.45, 7) is 9.61. The van der Waals surface area contributed by atoms with E-state index in [1.807, 2.05) is 60.7 Å². The average Bonchev–Trinajstić information content (AvgIpc) is 3.00. The van der Waals surface area contributed by atoms with Gasteiger partial charge in [-0.3, -0.25) is 0 Å². The Balaban J connectivity index is 1.38. The van der Waals surface area contributed by atoms with Crippen LogP contribution in [0.2, 0.25) is 0 Å². The van der Waals surface area contributed by atoms with Crippen molar-refractivity contribution in [2.24, 2.45) is 0 Å². The van der Waals surface area contributed by atoms with Gasteiger partial charge in [-0.1, -0.05) is 75.4 Å². The van der Waals surface area contributed by atoms with Gasteiger partial charge in [0.05, 0.1) is 23.8 Å². The summed E-state index contributed by atoms with van der Waals surface area (Å²) in [7, 11) is -1.20. The zero-order valence-electron chi connectivity index (χ0n) is 26.5. The van der Waals surface area contributed by atoms with Crippen molar-refractivity contribution in [2.45, 2.75) is 39.0 Å². The summed E-state index contributed by atoms with van der Waals surface area (Å²) < 4.78 is 25.1. The molecule has 0 saturated carbocycles. The molecule has 4 aromatic carbocycles. The lowest BCUT2D eigenvalue weighted by Gasteiger charge is -2.25. The number of fused-ring (bicyclic) bond motifs is 1. The van der Waals surface area contributed by atoms with Gasteiger partial charge in [-0.05, 0) is 60.6 Å². The van der Waals surface area contributed by atoms with E-state index in [9.17, 15) is 9.36 Å². The van der Waals surface area contributed by atoms with Gasteiger partial charge in [0.2, 0.25) is 5.88 Å². The number of nitrogens with one attached hydrogen (secondary N) is 2. The number of hydrogen-bond acceptors (Lipinski definition) is 6. The predicted octanol–water partition coefficient (Wildman–Crippen LogP) is 8.41. The van der Waals surface area contributed by atoms with Crippen molar-refractivity contribution < 1.29 is 18.8 Å². The first-order valence-electron chi connectivity index (χ1n) is 14.8. The van der Waals surface area contributed by atoms with Crippen molar-refractivity contribution in [3.05, 3.63) is 108 Å². The van der Waals surface area contributed by atoms with Crippen LogP contribution in [0.1, 0.15) is 37.7 Å². The molecule has 0 saturated heterocycles. The fraction of sp³-hybridized carbons (Fsp3) is 0.250. The van der Waals surface area contributed by atoms with E-state index >= 15 is 0 Å². The van der Waals surface area contributed by atoms with Crippen LogP contribution < -0.4 is 25.4 Å². The molecule has 9 heteroatoms. The lowest BCUT2D eigenvalue weighted by molar-refractivity contribution is 0.262. The van der Waals surface area contributed by atoms with E-state index in [4.69, 9.17) is 9.47 Å². The molecule has 1 heterocycles. The summed E-state index contributed by atoms with van der Waals surface area (Å²) in [6, 6.07) is 26.6. The lowest BCUT2D eigenvalue weighted by atomic mass is 9.86. The normalized spacial score (nSPS) is 11.7. The summed E-state index contributed by atoms with van der Waals surface area (Å²) in [6.07, 6.45) is 3.23. The molecule has 0 fully saturated rings. The minimum absolute atomic E-state index is 0.235. The Morgan fingerprint density at radius 2 is 1.53 bits per heavy atom. The predicted molar refractivity (Wildman–Crippen MR) is 183 cm³/mol. The smallest absolute Gasteiger partial charge is 0.323 e. The molecule has 45 heavy (non-hydrogen) atoms. The molecule has 0 aliphatic carbocycles. The van der Waals surface area contributed by atoms with E-state index < -0.39 is 13.2 Å². The molecule has 0 aliphatic rings. The summed E-state index contributed by atoms with van der Waals surface area (Å²) in [5.41, 5.74) is 2.99. The number of anilines is 2. The van der Waals surface area contributed by atoms with Crippen LogP contribution in [0.5, 0.6) is 17.4 Å². The number of methoxy groups -OCH3 is 1. The summed E-state index contributed by atoms with van der Waals surface area (Å²) in [4.78, 5) is 22.4. The fourth-order valence-corrected chi connectivity index (χ4v) is 6.22. The summed E-state index contributed by atoms with van der Waals surface area (Å²) >= 11 is 0. The second-order valence-electron chi connectivity index (χ2n) is 12.3. The molecule has 232 valence electrons. The van der Waals surface area contributed by atoms with E-state index in [1.54, 1.807) is 31.7 Å². The van der Waals surface area contributed by atoms with E-state index in [1.165, 1.54) is 12.7 Å². The molecule has 5 rings (SSSR count). The lowest BCUT2D eigenvalue weighted by Crippen LogP contribution is -2.23. The maximum absolute atomic E-state index is 13.4. The molecule has 0 spiro atoms. The number of aryl methyl sites for hydroxylation is 2. The van der Waals surface area contributed by atoms with Crippen LogP contribution in [0.25, 0.3) is 10.8 Å². The molecule has 0 bridgehead atoms. The van der Waals surface area contributed by atoms with Gasteiger partial charge in [-0.25, -0.2) is 9.78 Å². The van der Waals surface area contributed by atoms with Gasteiger partial charge in [0.1, 0.15) is 18.7 Å². The second-order valence-corrected chi connectivity index (χ2v) is 15.5. The van der Waals surface area contributed by atoms with E-state index in [2.05, 4.69) is 53.5 Å². The second kappa shape index (κ2) is 13.1.